The van der Waals surface area contributed by atoms with Gasteiger partial charge in [-0.3, -0.25) is 0 Å². The number of aromatic nitrogens is 2. The summed E-state index contributed by atoms with van der Waals surface area (Å²) in [7, 11) is 2.05. The van der Waals surface area contributed by atoms with E-state index in [1.807, 2.05) is 0 Å². The Bertz CT molecular complexity index is 418. The van der Waals surface area contributed by atoms with E-state index >= 15 is 0 Å². The molecule has 0 spiro atoms. The Kier molecular flexibility index (Phi) is 5.44. The molecule has 2 rings (SSSR count). The van der Waals surface area contributed by atoms with E-state index in [2.05, 4.69) is 28.8 Å². The van der Waals surface area contributed by atoms with Gasteiger partial charge in [-0.25, -0.2) is 4.98 Å². The number of ether oxygens (including phenoxy) is 1. The molecule has 1 aromatic rings. The maximum Gasteiger partial charge on any atom is 0.242 e. The molecular weight excluding hydrogens is 252 g/mol. The van der Waals surface area contributed by atoms with Gasteiger partial charge in [-0.1, -0.05) is 26.2 Å². The van der Waals surface area contributed by atoms with Crippen LogP contribution >= 0.6 is 0 Å². The van der Waals surface area contributed by atoms with E-state index in [9.17, 15) is 0 Å². The van der Waals surface area contributed by atoms with E-state index in [4.69, 9.17) is 10.5 Å². The van der Waals surface area contributed by atoms with Gasteiger partial charge >= 0.3 is 0 Å². The van der Waals surface area contributed by atoms with E-state index in [0.717, 1.165) is 24.7 Å². The van der Waals surface area contributed by atoms with Gasteiger partial charge in [0.2, 0.25) is 5.88 Å². The maximum absolute atomic E-state index is 6.14. The van der Waals surface area contributed by atoms with Crippen LogP contribution < -0.4 is 15.4 Å². The lowest BCUT2D eigenvalue weighted by Crippen LogP contribution is -2.28. The minimum absolute atomic E-state index is 0.507. The van der Waals surface area contributed by atoms with Gasteiger partial charge in [0.15, 0.2) is 5.82 Å². The molecule has 0 saturated heterocycles. The van der Waals surface area contributed by atoms with E-state index < -0.39 is 0 Å². The summed E-state index contributed by atoms with van der Waals surface area (Å²) in [5, 5.41) is 0. The van der Waals surface area contributed by atoms with Crippen molar-refractivity contribution < 1.29 is 4.74 Å². The third-order valence-electron chi connectivity index (χ3n) is 3.89. The number of hydrogen-bond acceptors (Lipinski definition) is 5. The molecular formula is C15H26N4O. The van der Waals surface area contributed by atoms with Crippen LogP contribution in [0.4, 0.5) is 11.5 Å². The largest absolute Gasteiger partial charge is 0.476 e. The zero-order chi connectivity index (χ0) is 14.4. The van der Waals surface area contributed by atoms with Crippen molar-refractivity contribution in [2.24, 2.45) is 5.92 Å². The topological polar surface area (TPSA) is 64.3 Å². The standard InChI is InChI=1S/C15H26N4O/c1-3-9-20-15-13(16)14(17-11-18-15)19(2)10-12-7-5-4-6-8-12/h11-12H,3-10,16H2,1-2H3. The quantitative estimate of drug-likeness (QED) is 0.866. The van der Waals surface area contributed by atoms with E-state index in [-0.39, 0.29) is 0 Å². The molecule has 0 atom stereocenters. The molecule has 1 fully saturated rings. The molecule has 1 aliphatic rings. The fraction of sp³-hybridized carbons (Fsp3) is 0.733. The minimum atomic E-state index is 0.507. The first-order valence-electron chi connectivity index (χ1n) is 7.66. The van der Waals surface area contributed by atoms with Gasteiger partial charge in [0.25, 0.3) is 0 Å². The molecule has 2 N–H and O–H groups in total. The lowest BCUT2D eigenvalue weighted by atomic mass is 9.89. The Hall–Kier alpha value is -1.52. The van der Waals surface area contributed by atoms with Crippen molar-refractivity contribution in [2.45, 2.75) is 45.4 Å². The number of anilines is 2. The third kappa shape index (κ3) is 3.74. The average Bonchev–Trinajstić information content (AvgIpc) is 2.47. The molecule has 112 valence electrons. The Balaban J connectivity index is 2.02. The van der Waals surface area contributed by atoms with Gasteiger partial charge in [-0.15, -0.1) is 0 Å². The second-order valence-electron chi connectivity index (χ2n) is 5.65. The van der Waals surface area contributed by atoms with Crippen LogP contribution in [-0.4, -0.2) is 30.2 Å². The smallest absolute Gasteiger partial charge is 0.242 e. The Morgan fingerprint density at radius 2 is 2.05 bits per heavy atom. The number of nitrogens with zero attached hydrogens (tertiary/aromatic N) is 3. The van der Waals surface area contributed by atoms with Gasteiger partial charge < -0.3 is 15.4 Å². The van der Waals surface area contributed by atoms with Crippen molar-refractivity contribution in [3.8, 4) is 5.88 Å². The van der Waals surface area contributed by atoms with Crippen LogP contribution in [0.2, 0.25) is 0 Å². The van der Waals surface area contributed by atoms with Crippen LogP contribution in [0, 0.1) is 5.92 Å². The Labute approximate surface area is 121 Å². The summed E-state index contributed by atoms with van der Waals surface area (Å²) in [5.41, 5.74) is 6.69. The normalized spacial score (nSPS) is 16.1. The highest BCUT2D eigenvalue weighted by Gasteiger charge is 2.19. The molecule has 0 amide bonds. The molecule has 1 aromatic heterocycles. The fourth-order valence-electron chi connectivity index (χ4n) is 2.83. The number of nitrogen functional groups attached to an aromatic ring is 1. The van der Waals surface area contributed by atoms with Crippen molar-refractivity contribution in [3.05, 3.63) is 6.33 Å². The fourth-order valence-corrected chi connectivity index (χ4v) is 2.83. The van der Waals surface area contributed by atoms with E-state index in [0.29, 0.717) is 18.2 Å². The first kappa shape index (κ1) is 14.9. The lowest BCUT2D eigenvalue weighted by Gasteiger charge is -2.28. The predicted molar refractivity (Wildman–Crippen MR) is 82.1 cm³/mol. The SMILES string of the molecule is CCCOc1ncnc(N(C)CC2CCCCC2)c1N. The molecule has 5 nitrogen and oxygen atoms in total. The maximum atomic E-state index is 6.14. The summed E-state index contributed by atoms with van der Waals surface area (Å²) in [6.45, 7) is 3.70. The summed E-state index contributed by atoms with van der Waals surface area (Å²) in [6, 6.07) is 0. The van der Waals surface area contributed by atoms with Gasteiger partial charge in [0, 0.05) is 13.6 Å². The molecule has 1 heterocycles. The van der Waals surface area contributed by atoms with E-state index in [1.165, 1.54) is 38.4 Å². The zero-order valence-corrected chi connectivity index (χ0v) is 12.6. The average molecular weight is 278 g/mol. The molecule has 0 unspecified atom stereocenters. The van der Waals surface area contributed by atoms with E-state index in [1.54, 1.807) is 0 Å². The van der Waals surface area contributed by atoms with Crippen molar-refractivity contribution >= 4 is 11.5 Å². The van der Waals surface area contributed by atoms with Crippen LogP contribution in [-0.2, 0) is 0 Å². The summed E-state index contributed by atoms with van der Waals surface area (Å²) in [4.78, 5) is 10.6. The highest BCUT2D eigenvalue weighted by molar-refractivity contribution is 5.67. The molecule has 0 aliphatic heterocycles. The summed E-state index contributed by atoms with van der Waals surface area (Å²) >= 11 is 0. The zero-order valence-electron chi connectivity index (χ0n) is 12.6. The molecule has 0 radical (unpaired) electrons. The van der Waals surface area contributed by atoms with Crippen LogP contribution in [0.25, 0.3) is 0 Å². The van der Waals surface area contributed by atoms with Crippen LogP contribution in [0.3, 0.4) is 0 Å². The lowest BCUT2D eigenvalue weighted by molar-refractivity contribution is 0.306. The molecule has 0 bridgehead atoms. The Morgan fingerprint density at radius 1 is 1.30 bits per heavy atom. The molecule has 1 aliphatic carbocycles. The minimum Gasteiger partial charge on any atom is -0.476 e. The first-order valence-corrected chi connectivity index (χ1v) is 7.66. The second kappa shape index (κ2) is 7.31. The van der Waals surface area contributed by atoms with Crippen molar-refractivity contribution in [1.29, 1.82) is 0 Å². The molecule has 20 heavy (non-hydrogen) atoms. The molecule has 0 aromatic carbocycles. The summed E-state index contributed by atoms with van der Waals surface area (Å²) in [5.74, 6) is 2.05. The Morgan fingerprint density at radius 3 is 2.75 bits per heavy atom. The first-order chi connectivity index (χ1) is 9.72. The van der Waals surface area contributed by atoms with Crippen molar-refractivity contribution in [3.63, 3.8) is 0 Å². The van der Waals surface area contributed by atoms with Gasteiger partial charge in [-0.05, 0) is 25.2 Å². The van der Waals surface area contributed by atoms with Crippen molar-refractivity contribution in [2.75, 3.05) is 30.8 Å². The molecule has 5 heteroatoms. The predicted octanol–water partition coefficient (Wildman–Crippen LogP) is 2.86. The third-order valence-corrected chi connectivity index (χ3v) is 3.89. The monoisotopic (exact) mass is 278 g/mol. The van der Waals surface area contributed by atoms with Gasteiger partial charge in [0.05, 0.1) is 6.61 Å². The highest BCUT2D eigenvalue weighted by atomic mass is 16.5. The highest BCUT2D eigenvalue weighted by Crippen LogP contribution is 2.30. The number of rotatable bonds is 6. The number of nitrogens with two attached hydrogens (primary N) is 1. The summed E-state index contributed by atoms with van der Waals surface area (Å²) < 4.78 is 5.56. The van der Waals surface area contributed by atoms with Crippen LogP contribution in [0.1, 0.15) is 45.4 Å². The van der Waals surface area contributed by atoms with Crippen LogP contribution in [0.15, 0.2) is 6.33 Å². The van der Waals surface area contributed by atoms with Gasteiger partial charge in [-0.2, -0.15) is 4.98 Å². The molecule has 1 saturated carbocycles. The van der Waals surface area contributed by atoms with Crippen LogP contribution in [0.5, 0.6) is 5.88 Å². The summed E-state index contributed by atoms with van der Waals surface area (Å²) in [6.07, 6.45) is 9.18. The second-order valence-corrected chi connectivity index (χ2v) is 5.65. The van der Waals surface area contributed by atoms with Gasteiger partial charge in [0.1, 0.15) is 12.0 Å². The number of hydrogen-bond donors (Lipinski definition) is 1. The van der Waals surface area contributed by atoms with Crippen molar-refractivity contribution in [1.82, 2.24) is 9.97 Å².